The van der Waals surface area contributed by atoms with Crippen LogP contribution in [0.3, 0.4) is 0 Å². The number of hydrogen-bond acceptors (Lipinski definition) is 4. The summed E-state index contributed by atoms with van der Waals surface area (Å²) in [4.78, 5) is 24.7. The number of nitrogens with one attached hydrogen (secondary N) is 3. The first-order chi connectivity index (χ1) is 13.9. The van der Waals surface area contributed by atoms with Gasteiger partial charge in [0.25, 0.3) is 5.91 Å². The molecule has 0 atom stereocenters. The van der Waals surface area contributed by atoms with Crippen LogP contribution in [0.1, 0.15) is 32.8 Å². The third kappa shape index (κ3) is 5.48. The highest BCUT2D eigenvalue weighted by atomic mass is 16.3. The van der Waals surface area contributed by atoms with Crippen molar-refractivity contribution in [3.05, 3.63) is 82.8 Å². The van der Waals surface area contributed by atoms with Crippen molar-refractivity contribution in [3.63, 3.8) is 0 Å². The topological polar surface area (TPSA) is 83.4 Å². The summed E-state index contributed by atoms with van der Waals surface area (Å²) in [6.07, 6.45) is 1.56. The van der Waals surface area contributed by atoms with E-state index in [1.54, 1.807) is 42.7 Å². The molecule has 0 fully saturated rings. The Bertz CT molecular complexity index is 987. The molecule has 1 aromatic heterocycles. The molecule has 3 N–H and O–H groups in total. The fraction of sp³-hybridized carbons (Fsp3) is 0.217. The van der Waals surface area contributed by atoms with Crippen LogP contribution in [0.2, 0.25) is 0 Å². The van der Waals surface area contributed by atoms with Crippen LogP contribution in [0.25, 0.3) is 0 Å². The van der Waals surface area contributed by atoms with Gasteiger partial charge in [-0.2, -0.15) is 0 Å². The molecule has 0 aliphatic rings. The zero-order valence-electron chi connectivity index (χ0n) is 16.8. The van der Waals surface area contributed by atoms with Crippen LogP contribution in [-0.4, -0.2) is 18.4 Å². The maximum atomic E-state index is 12.4. The Morgan fingerprint density at radius 3 is 2.41 bits per heavy atom. The first-order valence-electron chi connectivity index (χ1n) is 9.44. The molecule has 3 rings (SSSR count). The average molecular weight is 391 g/mol. The van der Waals surface area contributed by atoms with E-state index in [4.69, 9.17) is 4.42 Å². The van der Waals surface area contributed by atoms with Crippen LogP contribution in [-0.2, 0) is 11.3 Å². The van der Waals surface area contributed by atoms with Crippen molar-refractivity contribution >= 4 is 23.2 Å². The molecule has 150 valence electrons. The number of hydrogen-bond donors (Lipinski definition) is 3. The van der Waals surface area contributed by atoms with E-state index in [1.165, 1.54) is 5.56 Å². The fourth-order valence-electron chi connectivity index (χ4n) is 3.25. The lowest BCUT2D eigenvalue weighted by molar-refractivity contribution is -0.114. The van der Waals surface area contributed by atoms with Gasteiger partial charge in [-0.1, -0.05) is 23.8 Å². The van der Waals surface area contributed by atoms with Gasteiger partial charge in [-0.3, -0.25) is 9.59 Å². The van der Waals surface area contributed by atoms with E-state index in [9.17, 15) is 9.59 Å². The van der Waals surface area contributed by atoms with Gasteiger partial charge >= 0.3 is 0 Å². The van der Waals surface area contributed by atoms with Crippen molar-refractivity contribution < 1.29 is 14.0 Å². The second kappa shape index (κ2) is 9.10. The number of amides is 2. The molecule has 6 heteroatoms. The molecule has 0 bridgehead atoms. The standard InChI is InChI=1S/C23H25N3O3/c1-15-10-16(2)22(17(3)11-15)24-14-21(27)26-19-7-4-6-18(12-19)23(28)25-13-20-8-5-9-29-20/h4-12,24H,13-14H2,1-3H3,(H,25,28)(H,26,27). The Balaban J connectivity index is 1.57. The summed E-state index contributed by atoms with van der Waals surface area (Å²) in [7, 11) is 0. The average Bonchev–Trinajstić information content (AvgIpc) is 3.19. The second-order valence-corrected chi connectivity index (χ2v) is 7.02. The lowest BCUT2D eigenvalue weighted by atomic mass is 10.1. The quantitative estimate of drug-likeness (QED) is 0.564. The van der Waals surface area contributed by atoms with Crippen LogP contribution >= 0.6 is 0 Å². The number of carbonyl (C=O) groups is 2. The summed E-state index contributed by atoms with van der Waals surface area (Å²) in [5, 5.41) is 8.82. The van der Waals surface area contributed by atoms with Crippen molar-refractivity contribution in [3.8, 4) is 0 Å². The van der Waals surface area contributed by atoms with Crippen molar-refractivity contribution in [2.45, 2.75) is 27.3 Å². The van der Waals surface area contributed by atoms with Gasteiger partial charge in [0.05, 0.1) is 19.4 Å². The van der Waals surface area contributed by atoms with Gasteiger partial charge in [0.1, 0.15) is 5.76 Å². The first-order valence-corrected chi connectivity index (χ1v) is 9.44. The number of benzene rings is 2. The Morgan fingerprint density at radius 2 is 1.72 bits per heavy atom. The fourth-order valence-corrected chi connectivity index (χ4v) is 3.25. The molecule has 0 aliphatic heterocycles. The normalized spacial score (nSPS) is 10.4. The van der Waals surface area contributed by atoms with E-state index in [1.807, 2.05) is 20.8 Å². The highest BCUT2D eigenvalue weighted by Crippen LogP contribution is 2.21. The Labute approximate surface area is 170 Å². The van der Waals surface area contributed by atoms with Crippen LogP contribution in [0.15, 0.2) is 59.2 Å². The number of furan rings is 1. The van der Waals surface area contributed by atoms with Gasteiger partial charge < -0.3 is 20.4 Å². The summed E-state index contributed by atoms with van der Waals surface area (Å²) >= 11 is 0. The maximum absolute atomic E-state index is 12.4. The lowest BCUT2D eigenvalue weighted by Crippen LogP contribution is -2.24. The number of rotatable bonds is 7. The molecular weight excluding hydrogens is 366 g/mol. The minimum Gasteiger partial charge on any atom is -0.467 e. The van der Waals surface area contributed by atoms with Gasteiger partial charge in [0, 0.05) is 16.9 Å². The van der Waals surface area contributed by atoms with Crippen LogP contribution in [0.4, 0.5) is 11.4 Å². The van der Waals surface area contributed by atoms with Crippen molar-refractivity contribution in [1.29, 1.82) is 0 Å². The van der Waals surface area contributed by atoms with Crippen LogP contribution in [0, 0.1) is 20.8 Å². The van der Waals surface area contributed by atoms with Gasteiger partial charge in [-0.25, -0.2) is 0 Å². The van der Waals surface area contributed by atoms with E-state index in [-0.39, 0.29) is 18.4 Å². The smallest absolute Gasteiger partial charge is 0.251 e. The van der Waals surface area contributed by atoms with Gasteiger partial charge in [-0.05, 0) is 62.2 Å². The van der Waals surface area contributed by atoms with E-state index >= 15 is 0 Å². The summed E-state index contributed by atoms with van der Waals surface area (Å²) < 4.78 is 5.20. The highest BCUT2D eigenvalue weighted by molar-refractivity contribution is 5.98. The SMILES string of the molecule is Cc1cc(C)c(NCC(=O)Nc2cccc(C(=O)NCc3ccco3)c2)c(C)c1. The number of carbonyl (C=O) groups excluding carboxylic acids is 2. The summed E-state index contributed by atoms with van der Waals surface area (Å²) in [6, 6.07) is 14.6. The zero-order chi connectivity index (χ0) is 20.8. The predicted molar refractivity (Wildman–Crippen MR) is 114 cm³/mol. The van der Waals surface area contributed by atoms with Crippen molar-refractivity contribution in [2.24, 2.45) is 0 Å². The monoisotopic (exact) mass is 391 g/mol. The van der Waals surface area contributed by atoms with E-state index in [0.717, 1.165) is 16.8 Å². The minimum absolute atomic E-state index is 0.139. The second-order valence-electron chi connectivity index (χ2n) is 7.02. The first kappa shape index (κ1) is 20.2. The third-order valence-electron chi connectivity index (χ3n) is 4.51. The molecule has 2 amide bonds. The van der Waals surface area contributed by atoms with Gasteiger partial charge in [-0.15, -0.1) is 0 Å². The molecule has 29 heavy (non-hydrogen) atoms. The largest absolute Gasteiger partial charge is 0.467 e. The highest BCUT2D eigenvalue weighted by Gasteiger charge is 2.10. The predicted octanol–water partition coefficient (Wildman–Crippen LogP) is 4.19. The molecule has 0 saturated carbocycles. The summed E-state index contributed by atoms with van der Waals surface area (Å²) in [5.74, 6) is 0.259. The Hall–Kier alpha value is -3.54. The van der Waals surface area contributed by atoms with E-state index in [2.05, 4.69) is 28.1 Å². The molecule has 1 heterocycles. The van der Waals surface area contributed by atoms with E-state index < -0.39 is 0 Å². The van der Waals surface area contributed by atoms with Crippen molar-refractivity contribution in [1.82, 2.24) is 5.32 Å². The Kier molecular flexibility index (Phi) is 6.34. The Morgan fingerprint density at radius 1 is 0.966 bits per heavy atom. The van der Waals surface area contributed by atoms with Gasteiger partial charge in [0.15, 0.2) is 0 Å². The maximum Gasteiger partial charge on any atom is 0.251 e. The summed E-state index contributed by atoms with van der Waals surface area (Å²) in [6.45, 7) is 6.53. The molecule has 6 nitrogen and oxygen atoms in total. The molecule has 2 aromatic carbocycles. The van der Waals surface area contributed by atoms with Crippen molar-refractivity contribution in [2.75, 3.05) is 17.2 Å². The summed E-state index contributed by atoms with van der Waals surface area (Å²) in [5.41, 5.74) is 5.40. The number of anilines is 2. The molecular formula is C23H25N3O3. The zero-order valence-corrected chi connectivity index (χ0v) is 16.8. The molecule has 0 unspecified atom stereocenters. The van der Waals surface area contributed by atoms with E-state index in [0.29, 0.717) is 23.6 Å². The molecule has 3 aromatic rings. The molecule has 0 radical (unpaired) electrons. The molecule has 0 aliphatic carbocycles. The lowest BCUT2D eigenvalue weighted by Gasteiger charge is -2.14. The van der Waals surface area contributed by atoms with Crippen LogP contribution < -0.4 is 16.0 Å². The van der Waals surface area contributed by atoms with Crippen LogP contribution in [0.5, 0.6) is 0 Å². The van der Waals surface area contributed by atoms with Gasteiger partial charge in [0.2, 0.25) is 5.91 Å². The third-order valence-corrected chi connectivity index (χ3v) is 4.51. The number of aryl methyl sites for hydroxylation is 3. The molecule has 0 spiro atoms. The molecule has 0 saturated heterocycles. The minimum atomic E-state index is -0.235.